The van der Waals surface area contributed by atoms with Crippen molar-refractivity contribution in [2.45, 2.75) is 6.42 Å². The maximum absolute atomic E-state index is 10.6. The van der Waals surface area contributed by atoms with Crippen molar-refractivity contribution in [3.05, 3.63) is 30.1 Å². The van der Waals surface area contributed by atoms with E-state index >= 15 is 0 Å². The van der Waals surface area contributed by atoms with Crippen LogP contribution in [-0.2, 0) is 11.2 Å². The van der Waals surface area contributed by atoms with Gasteiger partial charge < -0.3 is 15.6 Å². The first-order valence-electron chi connectivity index (χ1n) is 4.13. The fraction of sp³-hybridized carbons (Fsp3) is 0.333. The summed E-state index contributed by atoms with van der Waals surface area (Å²) >= 11 is 0. The Hall–Kier alpha value is -1.42. The lowest BCUT2D eigenvalue weighted by Gasteiger charge is -2.13. The van der Waals surface area contributed by atoms with E-state index in [9.17, 15) is 9.90 Å². The molecule has 0 unspecified atom stereocenters. The van der Waals surface area contributed by atoms with Crippen LogP contribution >= 0.6 is 0 Å². The van der Waals surface area contributed by atoms with Crippen molar-refractivity contribution in [1.29, 1.82) is 0 Å². The van der Waals surface area contributed by atoms with Crippen molar-refractivity contribution in [3.63, 3.8) is 0 Å². The van der Waals surface area contributed by atoms with Crippen molar-refractivity contribution < 1.29 is 15.6 Å². The van der Waals surface area contributed by atoms with Crippen LogP contribution in [0.5, 0.6) is 0 Å². The van der Waals surface area contributed by atoms with E-state index in [0.717, 1.165) is 5.56 Å². The molecule has 70 valence electrons. The molecular formula is C9H12N2O2. The van der Waals surface area contributed by atoms with Gasteiger partial charge in [0.05, 0.1) is 18.4 Å². The summed E-state index contributed by atoms with van der Waals surface area (Å²) in [5, 5.41) is 10.6. The number of nitrogens with zero attached hydrogens (tertiary/aromatic N) is 1. The standard InChI is InChI=1S/C9H12N2O2/c10-6-8(9(12)13)5-7-1-3-11-4-2-7/h1-4,8H,5-6,10H2,(H,12,13)/t8-/m0/s1. The van der Waals surface area contributed by atoms with Crippen molar-refractivity contribution in [2.24, 2.45) is 5.92 Å². The Morgan fingerprint density at radius 1 is 1.54 bits per heavy atom. The van der Waals surface area contributed by atoms with Crippen LogP contribution in [0.1, 0.15) is 5.56 Å². The highest BCUT2D eigenvalue weighted by atomic mass is 16.4. The van der Waals surface area contributed by atoms with E-state index in [-0.39, 0.29) is 0 Å². The van der Waals surface area contributed by atoms with Crippen molar-refractivity contribution in [3.8, 4) is 0 Å². The Kier molecular flexibility index (Phi) is 3.40. The van der Waals surface area contributed by atoms with Crippen LogP contribution in [0.2, 0.25) is 0 Å². The Balaban J connectivity index is 2.62. The average molecular weight is 180 g/mol. The normalized spacial score (nSPS) is 12.4. The van der Waals surface area contributed by atoms with E-state index in [4.69, 9.17) is 0 Å². The molecule has 0 saturated carbocycles. The minimum absolute atomic E-state index is 0.352. The zero-order valence-corrected chi connectivity index (χ0v) is 7.27. The second-order valence-corrected chi connectivity index (χ2v) is 2.86. The topological polar surface area (TPSA) is 80.7 Å². The van der Waals surface area contributed by atoms with Crippen LogP contribution in [0.25, 0.3) is 0 Å². The summed E-state index contributed by atoms with van der Waals surface area (Å²) in [5.41, 5.74) is 4.52. The number of carbonyl (C=O) groups excluding carboxylic acids is 1. The number of hydrogen-bond donors (Lipinski definition) is 1. The van der Waals surface area contributed by atoms with Gasteiger partial charge in [-0.05, 0) is 24.1 Å². The molecule has 1 heterocycles. The van der Waals surface area contributed by atoms with Gasteiger partial charge in [0.1, 0.15) is 0 Å². The largest absolute Gasteiger partial charge is 0.550 e. The molecule has 13 heavy (non-hydrogen) atoms. The minimum atomic E-state index is -1.04. The third kappa shape index (κ3) is 2.83. The molecule has 0 aliphatic rings. The summed E-state index contributed by atoms with van der Waals surface area (Å²) in [7, 11) is 0. The van der Waals surface area contributed by atoms with Gasteiger partial charge in [-0.1, -0.05) is 0 Å². The quantitative estimate of drug-likeness (QED) is 0.595. The number of carboxylic acid groups (broad SMARTS) is 1. The van der Waals surface area contributed by atoms with E-state index in [1.165, 1.54) is 0 Å². The van der Waals surface area contributed by atoms with E-state index in [2.05, 4.69) is 10.7 Å². The number of hydrogen-bond acceptors (Lipinski definition) is 3. The minimum Gasteiger partial charge on any atom is -0.550 e. The SMILES string of the molecule is [NH3+]C[C@H](Cc1ccncc1)C(=O)[O-]. The number of pyridine rings is 1. The van der Waals surface area contributed by atoms with Crippen LogP contribution in [0.15, 0.2) is 24.5 Å². The third-order valence-corrected chi connectivity index (χ3v) is 1.91. The number of rotatable bonds is 4. The predicted molar refractivity (Wildman–Crippen MR) is 44.2 cm³/mol. The Bertz CT molecular complexity index is 274. The summed E-state index contributed by atoms with van der Waals surface area (Å²) in [5.74, 6) is -1.53. The fourth-order valence-corrected chi connectivity index (χ4v) is 1.11. The van der Waals surface area contributed by atoms with E-state index in [0.29, 0.717) is 13.0 Å². The maximum Gasteiger partial charge on any atom is 0.0824 e. The molecule has 1 rings (SSSR count). The Morgan fingerprint density at radius 3 is 2.62 bits per heavy atom. The van der Waals surface area contributed by atoms with Gasteiger partial charge in [0.25, 0.3) is 0 Å². The molecule has 1 aromatic rings. The van der Waals surface area contributed by atoms with Gasteiger partial charge in [-0.25, -0.2) is 0 Å². The Morgan fingerprint density at radius 2 is 2.15 bits per heavy atom. The van der Waals surface area contributed by atoms with Gasteiger partial charge in [-0.2, -0.15) is 0 Å². The van der Waals surface area contributed by atoms with E-state index in [1.54, 1.807) is 24.5 Å². The number of quaternary nitrogens is 1. The fourth-order valence-electron chi connectivity index (χ4n) is 1.11. The molecule has 0 aliphatic carbocycles. The first-order valence-corrected chi connectivity index (χ1v) is 4.13. The molecule has 0 saturated heterocycles. The molecule has 0 amide bonds. The summed E-state index contributed by atoms with van der Waals surface area (Å²) in [6.45, 7) is 0.352. The second kappa shape index (κ2) is 4.57. The molecule has 0 aliphatic heterocycles. The summed E-state index contributed by atoms with van der Waals surface area (Å²) in [6.07, 6.45) is 3.75. The first-order chi connectivity index (χ1) is 6.24. The monoisotopic (exact) mass is 180 g/mol. The molecule has 1 atom stereocenters. The smallest absolute Gasteiger partial charge is 0.0824 e. The van der Waals surface area contributed by atoms with E-state index in [1.807, 2.05) is 0 Å². The van der Waals surface area contributed by atoms with Gasteiger partial charge in [0.2, 0.25) is 0 Å². The van der Waals surface area contributed by atoms with Gasteiger partial charge in [-0.3, -0.25) is 4.98 Å². The number of aliphatic carboxylic acids is 1. The van der Waals surface area contributed by atoms with Gasteiger partial charge in [0, 0.05) is 12.4 Å². The molecular weight excluding hydrogens is 168 g/mol. The van der Waals surface area contributed by atoms with Crippen LogP contribution in [0.4, 0.5) is 0 Å². The molecule has 0 radical (unpaired) electrons. The van der Waals surface area contributed by atoms with Crippen molar-refractivity contribution in [2.75, 3.05) is 6.54 Å². The molecule has 4 heteroatoms. The third-order valence-electron chi connectivity index (χ3n) is 1.91. The molecule has 0 fully saturated rings. The number of aromatic nitrogens is 1. The van der Waals surface area contributed by atoms with Crippen molar-refractivity contribution >= 4 is 5.97 Å². The number of carbonyl (C=O) groups is 1. The lowest BCUT2D eigenvalue weighted by Crippen LogP contribution is -2.57. The Labute approximate surface area is 76.4 Å². The highest BCUT2D eigenvalue weighted by molar-refractivity contribution is 5.68. The zero-order chi connectivity index (χ0) is 9.68. The summed E-state index contributed by atoms with van der Waals surface area (Å²) in [6, 6.07) is 3.59. The number of carboxylic acids is 1. The molecule has 4 nitrogen and oxygen atoms in total. The highest BCUT2D eigenvalue weighted by Crippen LogP contribution is 2.05. The van der Waals surface area contributed by atoms with E-state index < -0.39 is 11.9 Å². The lowest BCUT2D eigenvalue weighted by atomic mass is 10.0. The van der Waals surface area contributed by atoms with Gasteiger partial charge in [0.15, 0.2) is 0 Å². The lowest BCUT2D eigenvalue weighted by molar-refractivity contribution is -0.387. The van der Waals surface area contributed by atoms with Crippen LogP contribution in [0, 0.1) is 5.92 Å². The van der Waals surface area contributed by atoms with Crippen LogP contribution in [0.3, 0.4) is 0 Å². The molecule has 3 N–H and O–H groups in total. The molecule has 1 aromatic heterocycles. The van der Waals surface area contributed by atoms with Gasteiger partial charge in [-0.15, -0.1) is 0 Å². The molecule has 0 bridgehead atoms. The summed E-state index contributed by atoms with van der Waals surface area (Å²) in [4.78, 5) is 14.4. The molecule has 0 aromatic carbocycles. The molecule has 0 spiro atoms. The zero-order valence-electron chi connectivity index (χ0n) is 7.27. The van der Waals surface area contributed by atoms with Crippen LogP contribution in [-0.4, -0.2) is 17.5 Å². The predicted octanol–water partition coefficient (Wildman–Crippen LogP) is -1.77. The highest BCUT2D eigenvalue weighted by Gasteiger charge is 2.10. The van der Waals surface area contributed by atoms with Crippen molar-refractivity contribution in [1.82, 2.24) is 4.98 Å². The summed E-state index contributed by atoms with van der Waals surface area (Å²) < 4.78 is 0. The second-order valence-electron chi connectivity index (χ2n) is 2.86. The van der Waals surface area contributed by atoms with Gasteiger partial charge >= 0.3 is 0 Å². The maximum atomic E-state index is 10.6. The first kappa shape index (κ1) is 9.67. The average Bonchev–Trinajstić information content (AvgIpc) is 2.15. The van der Waals surface area contributed by atoms with Crippen LogP contribution < -0.4 is 10.8 Å².